The molecule has 1 aromatic rings. The van der Waals surface area contributed by atoms with Gasteiger partial charge in [-0.15, -0.1) is 4.31 Å². The molecule has 23 heavy (non-hydrogen) atoms. The molecule has 6 nitrogen and oxygen atoms in total. The maximum atomic E-state index is 12.5. The Balaban J connectivity index is 2.53. The molecule has 1 aliphatic heterocycles. The first kappa shape index (κ1) is 18.1. The minimum atomic E-state index is -3.60. The first-order valence-electron chi connectivity index (χ1n) is 7.48. The molecule has 2 N–H and O–H groups in total. The summed E-state index contributed by atoms with van der Waals surface area (Å²) in [7, 11) is -3.60. The highest BCUT2D eigenvalue weighted by molar-refractivity contribution is 8.01. The molecule has 0 aliphatic carbocycles. The van der Waals surface area contributed by atoms with E-state index in [4.69, 9.17) is 10.5 Å². The molecule has 0 aromatic heterocycles. The second-order valence-corrected chi connectivity index (χ2v) is 8.57. The van der Waals surface area contributed by atoms with Crippen LogP contribution in [0.3, 0.4) is 0 Å². The highest BCUT2D eigenvalue weighted by Gasteiger charge is 2.55. The Kier molecular flexibility index (Phi) is 5.59. The second-order valence-electron chi connectivity index (χ2n) is 5.53. The highest BCUT2D eigenvalue weighted by atomic mass is 32.2. The zero-order chi connectivity index (χ0) is 17.1. The van der Waals surface area contributed by atoms with E-state index in [0.29, 0.717) is 17.7 Å². The fourth-order valence-electron chi connectivity index (χ4n) is 2.84. The second kappa shape index (κ2) is 7.11. The Morgan fingerprint density at radius 1 is 1.43 bits per heavy atom. The first-order chi connectivity index (χ1) is 10.8. The van der Waals surface area contributed by atoms with Crippen molar-refractivity contribution in [1.29, 1.82) is 0 Å². The number of thioether (sulfide) groups is 1. The van der Waals surface area contributed by atoms with Crippen LogP contribution in [0.15, 0.2) is 30.3 Å². The lowest BCUT2D eigenvalue weighted by atomic mass is 10.1. The number of rotatable bonds is 6. The molecule has 1 saturated heterocycles. The van der Waals surface area contributed by atoms with Crippen LogP contribution < -0.4 is 5.73 Å². The topological polar surface area (TPSA) is 89.7 Å². The van der Waals surface area contributed by atoms with Crippen LogP contribution in [0.4, 0.5) is 4.79 Å². The van der Waals surface area contributed by atoms with Crippen LogP contribution in [0.1, 0.15) is 31.7 Å². The summed E-state index contributed by atoms with van der Waals surface area (Å²) in [5, 5.41) is -1.43. The molecule has 1 aromatic carbocycles. The predicted octanol–water partition coefficient (Wildman–Crippen LogP) is 2.46. The van der Waals surface area contributed by atoms with Gasteiger partial charge in [-0.1, -0.05) is 61.9 Å². The number of primary amides is 1. The van der Waals surface area contributed by atoms with Gasteiger partial charge in [-0.05, 0) is 6.42 Å². The number of hydrogen-bond donors (Lipinski definition) is 1. The maximum absolute atomic E-state index is 12.5. The number of carbonyl (C=O) groups excluding carboxylic acids is 1. The number of sulfonamides is 1. The third kappa shape index (κ3) is 3.81. The lowest BCUT2D eigenvalue weighted by Gasteiger charge is -2.37. The van der Waals surface area contributed by atoms with E-state index in [1.807, 2.05) is 6.07 Å². The molecule has 0 saturated carbocycles. The monoisotopic (exact) mass is 358 g/mol. The largest absolute Gasteiger partial charge is 0.413 e. The molecule has 2 atom stereocenters. The predicted molar refractivity (Wildman–Crippen MR) is 91.2 cm³/mol. The number of carbonyl (C=O) groups is 1. The number of nitrogens with zero attached hydrogens (tertiary/aromatic N) is 1. The Bertz CT molecular complexity index is 651. The number of ether oxygens (including phenoxy) is 1. The number of hydrogen-bond acceptors (Lipinski definition) is 5. The van der Waals surface area contributed by atoms with Gasteiger partial charge in [-0.25, -0.2) is 13.2 Å². The smallest absolute Gasteiger partial charge is 0.407 e. The SMILES string of the molecule is CCCCC1CSC(OC(N)=O)(c2ccccc2)N1S(C)(=O)=O. The van der Waals surface area contributed by atoms with Crippen molar-refractivity contribution in [3.63, 3.8) is 0 Å². The lowest BCUT2D eigenvalue weighted by Crippen LogP contribution is -2.50. The summed E-state index contributed by atoms with van der Waals surface area (Å²) in [5.41, 5.74) is 5.84. The quantitative estimate of drug-likeness (QED) is 0.844. The summed E-state index contributed by atoms with van der Waals surface area (Å²) in [5.74, 6) is 0.551. The van der Waals surface area contributed by atoms with Crippen molar-refractivity contribution in [2.24, 2.45) is 5.73 Å². The van der Waals surface area contributed by atoms with E-state index in [1.165, 1.54) is 16.1 Å². The zero-order valence-electron chi connectivity index (χ0n) is 13.3. The van der Waals surface area contributed by atoms with Gasteiger partial charge in [0.1, 0.15) is 0 Å². The maximum Gasteiger partial charge on any atom is 0.407 e. The van der Waals surface area contributed by atoms with Crippen LogP contribution in [0.2, 0.25) is 0 Å². The summed E-state index contributed by atoms with van der Waals surface area (Å²) in [6, 6.07) is 8.64. The van der Waals surface area contributed by atoms with E-state index < -0.39 is 21.2 Å². The number of nitrogens with two attached hydrogens (primary N) is 1. The zero-order valence-corrected chi connectivity index (χ0v) is 14.9. The van der Waals surface area contributed by atoms with Crippen molar-refractivity contribution in [2.75, 3.05) is 12.0 Å². The molecule has 8 heteroatoms. The summed E-state index contributed by atoms with van der Waals surface area (Å²) in [4.78, 5) is 11.5. The van der Waals surface area contributed by atoms with Gasteiger partial charge in [0.2, 0.25) is 10.0 Å². The Labute approximate surface area is 141 Å². The van der Waals surface area contributed by atoms with Gasteiger partial charge >= 0.3 is 6.09 Å². The van der Waals surface area contributed by atoms with Crippen LogP contribution in [0, 0.1) is 0 Å². The van der Waals surface area contributed by atoms with Gasteiger partial charge in [-0.3, -0.25) is 0 Å². The number of benzene rings is 1. The third-order valence-electron chi connectivity index (χ3n) is 3.72. The fourth-order valence-corrected chi connectivity index (χ4v) is 6.25. The normalized spacial score (nSPS) is 25.4. The standard InChI is InChI=1S/C15H22N2O4S2/c1-3-4-10-13-11-22-15(21-14(16)18,17(13)23(2,19)20)12-8-6-5-7-9-12/h5-9,13H,3-4,10-11H2,1-2H3,(H2,16,18). The van der Waals surface area contributed by atoms with Crippen molar-refractivity contribution in [3.05, 3.63) is 35.9 Å². The number of unbranched alkanes of at least 4 members (excludes halogenated alkanes) is 1. The molecular weight excluding hydrogens is 336 g/mol. The van der Waals surface area contributed by atoms with Crippen LogP contribution in [-0.2, 0) is 19.8 Å². The molecule has 1 fully saturated rings. The van der Waals surface area contributed by atoms with Gasteiger partial charge in [0.05, 0.1) is 6.26 Å². The molecule has 1 amide bonds. The van der Waals surface area contributed by atoms with Crippen molar-refractivity contribution < 1.29 is 17.9 Å². The summed E-state index contributed by atoms with van der Waals surface area (Å²) in [6.45, 7) is 2.05. The van der Waals surface area contributed by atoms with Gasteiger partial charge in [0.25, 0.3) is 5.06 Å². The summed E-state index contributed by atoms with van der Waals surface area (Å²) < 4.78 is 31.6. The van der Waals surface area contributed by atoms with E-state index in [9.17, 15) is 13.2 Å². The van der Waals surface area contributed by atoms with E-state index >= 15 is 0 Å². The van der Waals surface area contributed by atoms with E-state index in [1.54, 1.807) is 24.3 Å². The summed E-state index contributed by atoms with van der Waals surface area (Å²) in [6.07, 6.45) is 2.73. The van der Waals surface area contributed by atoms with Gasteiger partial charge in [-0.2, -0.15) is 0 Å². The van der Waals surface area contributed by atoms with Crippen LogP contribution >= 0.6 is 11.8 Å². The summed E-state index contributed by atoms with van der Waals surface area (Å²) >= 11 is 1.29. The minimum Gasteiger partial charge on any atom is -0.413 e. The first-order valence-corrected chi connectivity index (χ1v) is 10.3. The minimum absolute atomic E-state index is 0.227. The van der Waals surface area contributed by atoms with Crippen molar-refractivity contribution in [3.8, 4) is 0 Å². The molecule has 128 valence electrons. The Hall–Kier alpha value is -1.25. The van der Waals surface area contributed by atoms with Gasteiger partial charge in [0.15, 0.2) is 0 Å². The van der Waals surface area contributed by atoms with Crippen LogP contribution in [0.25, 0.3) is 0 Å². The molecule has 1 aliphatic rings. The Morgan fingerprint density at radius 3 is 2.61 bits per heavy atom. The lowest BCUT2D eigenvalue weighted by molar-refractivity contribution is -0.000991. The number of amides is 1. The third-order valence-corrected chi connectivity index (χ3v) is 6.56. The fraction of sp³-hybridized carbons (Fsp3) is 0.533. The average molecular weight is 358 g/mol. The molecular formula is C15H22N2O4S2. The van der Waals surface area contributed by atoms with Crippen LogP contribution in [0.5, 0.6) is 0 Å². The molecule has 0 spiro atoms. The molecule has 2 rings (SSSR count). The van der Waals surface area contributed by atoms with Crippen LogP contribution in [-0.4, -0.2) is 36.9 Å². The Morgan fingerprint density at radius 2 is 2.09 bits per heavy atom. The molecule has 0 bridgehead atoms. The van der Waals surface area contributed by atoms with Crippen molar-refractivity contribution >= 4 is 27.9 Å². The molecule has 0 radical (unpaired) electrons. The average Bonchev–Trinajstić information content (AvgIpc) is 2.85. The van der Waals surface area contributed by atoms with E-state index in [-0.39, 0.29) is 6.04 Å². The molecule has 2 unspecified atom stereocenters. The van der Waals surface area contributed by atoms with Crippen molar-refractivity contribution in [2.45, 2.75) is 37.3 Å². The van der Waals surface area contributed by atoms with Gasteiger partial charge in [0, 0.05) is 17.4 Å². The molecule has 1 heterocycles. The highest BCUT2D eigenvalue weighted by Crippen LogP contribution is 2.50. The van der Waals surface area contributed by atoms with E-state index in [2.05, 4.69) is 6.92 Å². The van der Waals surface area contributed by atoms with Gasteiger partial charge < -0.3 is 10.5 Å². The van der Waals surface area contributed by atoms with Crippen molar-refractivity contribution in [1.82, 2.24) is 4.31 Å². The van der Waals surface area contributed by atoms with E-state index in [0.717, 1.165) is 19.1 Å².